The summed E-state index contributed by atoms with van der Waals surface area (Å²) in [5.41, 5.74) is 1.72. The van der Waals surface area contributed by atoms with Crippen molar-refractivity contribution < 1.29 is 13.2 Å². The van der Waals surface area contributed by atoms with Crippen LogP contribution in [-0.4, -0.2) is 36.9 Å². The standard InChI is InChI=1S/C15H18N2O3S2/c1-11-3-4-12(2)14(9-11)22(18,19)17-7-5-13(10-17)20-15-16-6-8-21-15/h3-4,6,8-9,13H,5,7,10H2,1-2H3. The Balaban J connectivity index is 1.78. The first-order valence-corrected chi connectivity index (χ1v) is 9.42. The molecule has 0 aliphatic carbocycles. The van der Waals surface area contributed by atoms with Crippen molar-refractivity contribution in [3.8, 4) is 5.19 Å². The van der Waals surface area contributed by atoms with Crippen LogP contribution in [0, 0.1) is 13.8 Å². The van der Waals surface area contributed by atoms with Gasteiger partial charge in [-0.25, -0.2) is 13.4 Å². The maximum atomic E-state index is 12.8. The quantitative estimate of drug-likeness (QED) is 0.860. The molecule has 1 unspecified atom stereocenters. The molecule has 1 aromatic heterocycles. The van der Waals surface area contributed by atoms with Crippen molar-refractivity contribution >= 4 is 21.4 Å². The minimum atomic E-state index is -3.47. The van der Waals surface area contributed by atoms with Crippen LogP contribution in [0.15, 0.2) is 34.7 Å². The fourth-order valence-electron chi connectivity index (χ4n) is 2.55. The number of nitrogens with zero attached hydrogens (tertiary/aromatic N) is 2. The maximum Gasteiger partial charge on any atom is 0.273 e. The van der Waals surface area contributed by atoms with Crippen LogP contribution >= 0.6 is 11.3 Å². The molecule has 0 radical (unpaired) electrons. The van der Waals surface area contributed by atoms with Crippen LogP contribution < -0.4 is 4.74 Å². The lowest BCUT2D eigenvalue weighted by molar-refractivity contribution is 0.214. The Kier molecular flexibility index (Phi) is 4.20. The number of rotatable bonds is 4. The molecular weight excluding hydrogens is 320 g/mol. The molecule has 7 heteroatoms. The number of aryl methyl sites for hydroxylation is 2. The summed E-state index contributed by atoms with van der Waals surface area (Å²) in [6, 6.07) is 5.51. The van der Waals surface area contributed by atoms with Crippen molar-refractivity contribution in [2.45, 2.75) is 31.3 Å². The van der Waals surface area contributed by atoms with Gasteiger partial charge in [0.15, 0.2) is 0 Å². The Morgan fingerprint density at radius 3 is 2.91 bits per heavy atom. The van der Waals surface area contributed by atoms with E-state index in [4.69, 9.17) is 4.74 Å². The summed E-state index contributed by atoms with van der Waals surface area (Å²) < 4.78 is 32.9. The summed E-state index contributed by atoms with van der Waals surface area (Å²) >= 11 is 1.42. The number of ether oxygens (including phenoxy) is 1. The fourth-order valence-corrected chi connectivity index (χ4v) is 4.90. The fraction of sp³-hybridized carbons (Fsp3) is 0.400. The average Bonchev–Trinajstić information content (AvgIpc) is 3.14. The Morgan fingerprint density at radius 1 is 1.36 bits per heavy atom. The Labute approximate surface area is 134 Å². The predicted octanol–water partition coefficient (Wildman–Crippen LogP) is 2.60. The number of thiazole rings is 1. The van der Waals surface area contributed by atoms with Crippen LogP contribution in [0.2, 0.25) is 0 Å². The van der Waals surface area contributed by atoms with Crippen LogP contribution in [-0.2, 0) is 10.0 Å². The first kappa shape index (κ1) is 15.5. The van der Waals surface area contributed by atoms with Gasteiger partial charge in [-0.3, -0.25) is 0 Å². The maximum absolute atomic E-state index is 12.8. The smallest absolute Gasteiger partial charge is 0.273 e. The van der Waals surface area contributed by atoms with E-state index in [1.807, 2.05) is 31.4 Å². The van der Waals surface area contributed by atoms with Crippen molar-refractivity contribution in [1.29, 1.82) is 0 Å². The summed E-state index contributed by atoms with van der Waals surface area (Å²) in [5, 5.41) is 2.44. The lowest BCUT2D eigenvalue weighted by atomic mass is 10.2. The van der Waals surface area contributed by atoms with Crippen molar-refractivity contribution in [1.82, 2.24) is 9.29 Å². The zero-order chi connectivity index (χ0) is 15.7. The lowest BCUT2D eigenvalue weighted by Gasteiger charge is -2.18. The van der Waals surface area contributed by atoms with E-state index >= 15 is 0 Å². The van der Waals surface area contributed by atoms with E-state index in [9.17, 15) is 8.42 Å². The van der Waals surface area contributed by atoms with Gasteiger partial charge in [-0.05, 0) is 37.5 Å². The normalized spacial score (nSPS) is 19.5. The van der Waals surface area contributed by atoms with Gasteiger partial charge in [0.25, 0.3) is 5.19 Å². The highest BCUT2D eigenvalue weighted by Gasteiger charge is 2.34. The Bertz CT molecular complexity index is 757. The zero-order valence-corrected chi connectivity index (χ0v) is 14.2. The molecule has 1 saturated heterocycles. The summed E-state index contributed by atoms with van der Waals surface area (Å²) in [7, 11) is -3.47. The van der Waals surface area contributed by atoms with Gasteiger partial charge in [0, 0.05) is 18.1 Å². The molecule has 0 saturated carbocycles. The van der Waals surface area contributed by atoms with Gasteiger partial charge < -0.3 is 4.74 Å². The van der Waals surface area contributed by atoms with Crippen LogP contribution in [0.25, 0.3) is 0 Å². The van der Waals surface area contributed by atoms with Crippen molar-refractivity contribution in [2.24, 2.45) is 0 Å². The second-order valence-corrected chi connectivity index (χ2v) is 8.22. The molecule has 0 N–H and O–H groups in total. The molecule has 22 heavy (non-hydrogen) atoms. The van der Waals surface area contributed by atoms with Gasteiger partial charge in [0.2, 0.25) is 10.0 Å². The van der Waals surface area contributed by atoms with Crippen molar-refractivity contribution in [3.05, 3.63) is 40.9 Å². The van der Waals surface area contributed by atoms with E-state index in [1.165, 1.54) is 15.6 Å². The zero-order valence-electron chi connectivity index (χ0n) is 12.5. The molecule has 0 bridgehead atoms. The largest absolute Gasteiger partial charge is 0.465 e. The van der Waals surface area contributed by atoms with E-state index in [2.05, 4.69) is 4.98 Å². The minimum absolute atomic E-state index is 0.133. The molecular formula is C15H18N2O3S2. The molecule has 118 valence electrons. The summed E-state index contributed by atoms with van der Waals surface area (Å²) in [6.07, 6.45) is 2.23. The van der Waals surface area contributed by atoms with Crippen molar-refractivity contribution in [3.63, 3.8) is 0 Å². The van der Waals surface area contributed by atoms with E-state index < -0.39 is 10.0 Å². The molecule has 2 heterocycles. The number of hydrogen-bond acceptors (Lipinski definition) is 5. The molecule has 1 fully saturated rings. The summed E-state index contributed by atoms with van der Waals surface area (Å²) in [4.78, 5) is 4.47. The number of benzene rings is 1. The van der Waals surface area contributed by atoms with Gasteiger partial charge in [-0.1, -0.05) is 23.5 Å². The predicted molar refractivity (Wildman–Crippen MR) is 85.8 cm³/mol. The molecule has 1 aliphatic heterocycles. The third-order valence-corrected chi connectivity index (χ3v) is 6.41. The Hall–Kier alpha value is -1.44. The average molecular weight is 338 g/mol. The molecule has 1 atom stereocenters. The van der Waals surface area contributed by atoms with Gasteiger partial charge >= 0.3 is 0 Å². The molecule has 3 rings (SSSR count). The highest BCUT2D eigenvalue weighted by atomic mass is 32.2. The topological polar surface area (TPSA) is 59.5 Å². The van der Waals surface area contributed by atoms with Crippen LogP contribution in [0.4, 0.5) is 0 Å². The number of sulfonamides is 1. The number of hydrogen-bond donors (Lipinski definition) is 0. The summed E-state index contributed by atoms with van der Waals surface area (Å²) in [5.74, 6) is 0. The van der Waals surface area contributed by atoms with E-state index in [1.54, 1.807) is 12.3 Å². The minimum Gasteiger partial charge on any atom is -0.465 e. The third kappa shape index (κ3) is 3.02. The van der Waals surface area contributed by atoms with Gasteiger partial charge in [-0.15, -0.1) is 0 Å². The molecule has 2 aromatic rings. The molecule has 5 nitrogen and oxygen atoms in total. The SMILES string of the molecule is Cc1ccc(C)c(S(=O)(=O)N2CCC(Oc3nccs3)C2)c1. The van der Waals surface area contributed by atoms with Gasteiger partial charge in [-0.2, -0.15) is 4.31 Å². The van der Waals surface area contributed by atoms with E-state index in [-0.39, 0.29) is 6.10 Å². The van der Waals surface area contributed by atoms with E-state index in [0.717, 1.165) is 11.1 Å². The molecule has 0 spiro atoms. The molecule has 1 aliphatic rings. The highest BCUT2D eigenvalue weighted by Crippen LogP contribution is 2.27. The second-order valence-electron chi connectivity index (χ2n) is 5.46. The van der Waals surface area contributed by atoms with Gasteiger partial charge in [0.1, 0.15) is 6.10 Å². The first-order valence-electron chi connectivity index (χ1n) is 7.10. The monoisotopic (exact) mass is 338 g/mol. The number of aromatic nitrogens is 1. The molecule has 0 amide bonds. The second kappa shape index (κ2) is 5.98. The van der Waals surface area contributed by atoms with Crippen LogP contribution in [0.5, 0.6) is 5.19 Å². The van der Waals surface area contributed by atoms with Crippen molar-refractivity contribution in [2.75, 3.05) is 13.1 Å². The lowest BCUT2D eigenvalue weighted by Crippen LogP contribution is -2.31. The first-order chi connectivity index (χ1) is 10.5. The van der Waals surface area contributed by atoms with E-state index in [0.29, 0.717) is 29.6 Å². The summed E-state index contributed by atoms with van der Waals surface area (Å²) in [6.45, 7) is 4.57. The van der Waals surface area contributed by atoms with Gasteiger partial charge in [0.05, 0.1) is 11.4 Å². The third-order valence-electron chi connectivity index (χ3n) is 3.75. The highest BCUT2D eigenvalue weighted by molar-refractivity contribution is 7.89. The van der Waals surface area contributed by atoms with Crippen LogP contribution in [0.1, 0.15) is 17.5 Å². The molecule has 1 aromatic carbocycles. The van der Waals surface area contributed by atoms with Crippen LogP contribution in [0.3, 0.4) is 0 Å². The Morgan fingerprint density at radius 2 is 2.18 bits per heavy atom.